The molecule has 128 valence electrons. The molecule has 0 bridgehead atoms. The highest BCUT2D eigenvalue weighted by molar-refractivity contribution is 7.83. The van der Waals surface area contributed by atoms with Crippen LogP contribution in [0.15, 0.2) is 48.5 Å². The number of alkyl halides is 3. The van der Waals surface area contributed by atoms with Crippen LogP contribution in [0.4, 0.5) is 18.9 Å². The van der Waals surface area contributed by atoms with Crippen molar-refractivity contribution in [2.45, 2.75) is 12.1 Å². The molecule has 0 heterocycles. The van der Waals surface area contributed by atoms with Gasteiger partial charge in [0.1, 0.15) is 5.75 Å². The molecule has 2 aromatic rings. The van der Waals surface area contributed by atoms with Gasteiger partial charge >= 0.3 is 6.36 Å². The molecule has 1 atom stereocenters. The minimum absolute atomic E-state index is 0.332. The number of amides is 1. The third-order valence-corrected chi connectivity index (χ3v) is 3.64. The summed E-state index contributed by atoms with van der Waals surface area (Å²) in [5, 5.41) is 2.58. The van der Waals surface area contributed by atoms with Gasteiger partial charge in [0.05, 0.1) is 0 Å². The highest BCUT2D eigenvalue weighted by Gasteiger charge is 2.30. The maximum absolute atomic E-state index is 12.2. The standard InChI is InChI=1S/C16H14F3NO3S/c1-24(22)10-11-3-2-4-12(9-11)15(21)20-13-5-7-14(8-6-13)23-16(17,18)19/h2-9H,10H2,1H3,(H,20,21). The van der Waals surface area contributed by atoms with E-state index in [1.165, 1.54) is 12.1 Å². The summed E-state index contributed by atoms with van der Waals surface area (Å²) in [5.74, 6) is -0.443. The second-order valence-electron chi connectivity index (χ2n) is 4.94. The normalized spacial score (nSPS) is 12.5. The van der Waals surface area contributed by atoms with Crippen LogP contribution in [-0.2, 0) is 16.6 Å². The molecule has 4 nitrogen and oxygen atoms in total. The minimum Gasteiger partial charge on any atom is -0.406 e. The molecule has 0 aliphatic heterocycles. The van der Waals surface area contributed by atoms with E-state index in [4.69, 9.17) is 0 Å². The van der Waals surface area contributed by atoms with Gasteiger partial charge in [0, 0.05) is 34.1 Å². The summed E-state index contributed by atoms with van der Waals surface area (Å²) in [4.78, 5) is 12.2. The summed E-state index contributed by atoms with van der Waals surface area (Å²) in [6.45, 7) is 0. The van der Waals surface area contributed by atoms with Crippen molar-refractivity contribution in [3.63, 3.8) is 0 Å². The van der Waals surface area contributed by atoms with Crippen molar-refractivity contribution in [3.8, 4) is 5.75 Å². The lowest BCUT2D eigenvalue weighted by Gasteiger charge is -2.10. The van der Waals surface area contributed by atoms with Gasteiger partial charge in [-0.05, 0) is 42.0 Å². The maximum atomic E-state index is 12.2. The molecule has 2 aromatic carbocycles. The highest BCUT2D eigenvalue weighted by Crippen LogP contribution is 2.24. The Balaban J connectivity index is 2.05. The number of hydrogen-bond donors (Lipinski definition) is 1. The Morgan fingerprint density at radius 1 is 1.17 bits per heavy atom. The smallest absolute Gasteiger partial charge is 0.406 e. The Kier molecular flexibility index (Phi) is 5.61. The molecule has 1 unspecified atom stereocenters. The fraction of sp³-hybridized carbons (Fsp3) is 0.188. The number of nitrogens with one attached hydrogen (secondary N) is 1. The summed E-state index contributed by atoms with van der Waals surface area (Å²) >= 11 is 0. The van der Waals surface area contributed by atoms with Crippen molar-refractivity contribution < 1.29 is 26.9 Å². The molecule has 0 aromatic heterocycles. The zero-order valence-corrected chi connectivity index (χ0v) is 13.4. The Morgan fingerprint density at radius 3 is 2.42 bits per heavy atom. The van der Waals surface area contributed by atoms with Gasteiger partial charge in [-0.25, -0.2) is 0 Å². The predicted octanol–water partition coefficient (Wildman–Crippen LogP) is 3.72. The van der Waals surface area contributed by atoms with Gasteiger partial charge in [-0.2, -0.15) is 0 Å². The van der Waals surface area contributed by atoms with Gasteiger partial charge < -0.3 is 10.1 Å². The third kappa shape index (κ3) is 5.69. The lowest BCUT2D eigenvalue weighted by atomic mass is 10.1. The van der Waals surface area contributed by atoms with Gasteiger partial charge in [-0.1, -0.05) is 12.1 Å². The predicted molar refractivity (Wildman–Crippen MR) is 85.3 cm³/mol. The molecule has 24 heavy (non-hydrogen) atoms. The number of benzene rings is 2. The van der Waals surface area contributed by atoms with E-state index in [1.54, 1.807) is 30.5 Å². The van der Waals surface area contributed by atoms with Gasteiger partial charge in [-0.15, -0.1) is 13.2 Å². The van der Waals surface area contributed by atoms with Crippen LogP contribution in [0.25, 0.3) is 0 Å². The summed E-state index contributed by atoms with van der Waals surface area (Å²) in [6.07, 6.45) is -3.19. The number of carbonyl (C=O) groups is 1. The first-order valence-corrected chi connectivity index (χ1v) is 8.52. The Bertz CT molecular complexity index is 745. The number of anilines is 1. The number of halogens is 3. The number of rotatable bonds is 5. The van der Waals surface area contributed by atoms with E-state index in [2.05, 4.69) is 10.1 Å². The zero-order valence-electron chi connectivity index (χ0n) is 12.6. The van der Waals surface area contributed by atoms with Crippen LogP contribution in [0.5, 0.6) is 5.75 Å². The van der Waals surface area contributed by atoms with Crippen molar-refractivity contribution in [1.29, 1.82) is 0 Å². The van der Waals surface area contributed by atoms with Crippen molar-refractivity contribution >= 4 is 22.4 Å². The summed E-state index contributed by atoms with van der Waals surface area (Å²) in [5.41, 5.74) is 1.46. The van der Waals surface area contributed by atoms with E-state index in [0.717, 1.165) is 17.7 Å². The second-order valence-corrected chi connectivity index (χ2v) is 6.38. The van der Waals surface area contributed by atoms with Crippen molar-refractivity contribution in [1.82, 2.24) is 0 Å². The number of ether oxygens (including phenoxy) is 1. The highest BCUT2D eigenvalue weighted by atomic mass is 32.2. The van der Waals surface area contributed by atoms with E-state index in [9.17, 15) is 22.2 Å². The Hall–Kier alpha value is -2.35. The van der Waals surface area contributed by atoms with Crippen LogP contribution in [0, 0.1) is 0 Å². The van der Waals surface area contributed by atoms with Crippen LogP contribution in [0.3, 0.4) is 0 Å². The zero-order chi connectivity index (χ0) is 17.7. The fourth-order valence-corrected chi connectivity index (χ4v) is 2.63. The number of carbonyl (C=O) groups excluding carboxylic acids is 1. The molecular weight excluding hydrogens is 343 g/mol. The average molecular weight is 357 g/mol. The van der Waals surface area contributed by atoms with Gasteiger partial charge in [0.25, 0.3) is 5.91 Å². The quantitative estimate of drug-likeness (QED) is 0.887. The van der Waals surface area contributed by atoms with E-state index in [-0.39, 0.29) is 5.75 Å². The van der Waals surface area contributed by atoms with Crippen LogP contribution >= 0.6 is 0 Å². The van der Waals surface area contributed by atoms with E-state index in [0.29, 0.717) is 17.0 Å². The molecule has 8 heteroatoms. The molecule has 0 aliphatic rings. The molecule has 0 radical (unpaired) electrons. The molecule has 0 spiro atoms. The Labute approximate surface area is 139 Å². The molecule has 0 aliphatic carbocycles. The van der Waals surface area contributed by atoms with Crippen LogP contribution < -0.4 is 10.1 Å². The topological polar surface area (TPSA) is 55.4 Å². The SMILES string of the molecule is CS(=O)Cc1cccc(C(=O)Nc2ccc(OC(F)(F)F)cc2)c1. The van der Waals surface area contributed by atoms with E-state index in [1.807, 2.05) is 0 Å². The van der Waals surface area contributed by atoms with Gasteiger partial charge in [-0.3, -0.25) is 9.00 Å². The largest absolute Gasteiger partial charge is 0.573 e. The first-order valence-electron chi connectivity index (χ1n) is 6.79. The first-order chi connectivity index (χ1) is 11.2. The van der Waals surface area contributed by atoms with Crippen LogP contribution in [0.2, 0.25) is 0 Å². The van der Waals surface area contributed by atoms with Crippen molar-refractivity contribution in [2.24, 2.45) is 0 Å². The first kappa shape index (κ1) is 18.0. The second kappa shape index (κ2) is 7.48. The molecule has 0 saturated carbocycles. The number of hydrogen-bond acceptors (Lipinski definition) is 3. The third-order valence-electron chi connectivity index (χ3n) is 2.90. The van der Waals surface area contributed by atoms with E-state index >= 15 is 0 Å². The molecule has 0 saturated heterocycles. The fourth-order valence-electron chi connectivity index (χ4n) is 1.98. The lowest BCUT2D eigenvalue weighted by molar-refractivity contribution is -0.274. The molecular formula is C16H14F3NO3S. The minimum atomic E-state index is -4.76. The van der Waals surface area contributed by atoms with Crippen molar-refractivity contribution in [3.05, 3.63) is 59.7 Å². The molecule has 1 amide bonds. The summed E-state index contributed by atoms with van der Waals surface area (Å²) in [6, 6.07) is 11.5. The Morgan fingerprint density at radius 2 is 1.83 bits per heavy atom. The average Bonchev–Trinajstić information content (AvgIpc) is 2.47. The maximum Gasteiger partial charge on any atom is 0.573 e. The van der Waals surface area contributed by atoms with Crippen molar-refractivity contribution in [2.75, 3.05) is 11.6 Å². The molecule has 1 N–H and O–H groups in total. The summed E-state index contributed by atoms with van der Waals surface area (Å²) in [7, 11) is -1.02. The van der Waals surface area contributed by atoms with Crippen LogP contribution in [-0.4, -0.2) is 22.7 Å². The monoisotopic (exact) mass is 357 g/mol. The van der Waals surface area contributed by atoms with E-state index < -0.39 is 23.1 Å². The summed E-state index contributed by atoms with van der Waals surface area (Å²) < 4.78 is 51.3. The lowest BCUT2D eigenvalue weighted by Crippen LogP contribution is -2.17. The molecule has 2 rings (SSSR count). The van der Waals surface area contributed by atoms with Crippen LogP contribution in [0.1, 0.15) is 15.9 Å². The van der Waals surface area contributed by atoms with Gasteiger partial charge in [0.15, 0.2) is 0 Å². The van der Waals surface area contributed by atoms with Gasteiger partial charge in [0.2, 0.25) is 0 Å². The molecule has 0 fully saturated rings.